The molecule has 5 nitrogen and oxygen atoms in total. The summed E-state index contributed by atoms with van der Waals surface area (Å²) >= 11 is 0. The molecule has 3 aliphatic rings. The normalized spacial score (nSPS) is 26.3. The molecule has 156 valence electrons. The van der Waals surface area contributed by atoms with Crippen molar-refractivity contribution in [3.63, 3.8) is 0 Å². The Labute approximate surface area is 178 Å². The third kappa shape index (κ3) is 3.26. The minimum absolute atomic E-state index is 0.0263. The summed E-state index contributed by atoms with van der Waals surface area (Å²) in [5, 5.41) is 3.17. The van der Waals surface area contributed by atoms with Crippen LogP contribution < -0.4 is 5.32 Å². The fourth-order valence-electron chi connectivity index (χ4n) is 5.59. The SMILES string of the molecule is C[C@@H](NC(=O)N1CCC[C@H]2C(=O)N3CCc4ccccc4[C@H]3C[C@H]21)c1ccccc1. The van der Waals surface area contributed by atoms with Crippen molar-refractivity contribution in [2.75, 3.05) is 13.1 Å². The number of rotatable bonds is 2. The Morgan fingerprint density at radius 1 is 1.07 bits per heavy atom. The molecule has 0 radical (unpaired) electrons. The fraction of sp³-hybridized carbons (Fsp3) is 0.440. The highest BCUT2D eigenvalue weighted by atomic mass is 16.2. The first-order valence-corrected chi connectivity index (χ1v) is 11.1. The van der Waals surface area contributed by atoms with Crippen molar-refractivity contribution in [2.45, 2.75) is 50.7 Å². The first-order valence-electron chi connectivity index (χ1n) is 11.1. The second-order valence-corrected chi connectivity index (χ2v) is 8.82. The van der Waals surface area contributed by atoms with Crippen LogP contribution in [0.2, 0.25) is 0 Å². The number of carbonyl (C=O) groups is 2. The number of likely N-dealkylation sites (tertiary alicyclic amines) is 1. The molecule has 3 aliphatic heterocycles. The van der Waals surface area contributed by atoms with E-state index in [2.05, 4.69) is 34.5 Å². The van der Waals surface area contributed by atoms with E-state index < -0.39 is 0 Å². The number of hydrogen-bond acceptors (Lipinski definition) is 2. The predicted octanol–water partition coefficient (Wildman–Crippen LogP) is 4.07. The van der Waals surface area contributed by atoms with Crippen LogP contribution in [-0.2, 0) is 11.2 Å². The molecule has 0 spiro atoms. The molecule has 4 atom stereocenters. The highest BCUT2D eigenvalue weighted by molar-refractivity contribution is 5.83. The van der Waals surface area contributed by atoms with Crippen molar-refractivity contribution in [2.24, 2.45) is 5.92 Å². The van der Waals surface area contributed by atoms with Gasteiger partial charge in [0.1, 0.15) is 0 Å². The summed E-state index contributed by atoms with van der Waals surface area (Å²) in [5.41, 5.74) is 3.69. The average molecular weight is 404 g/mol. The van der Waals surface area contributed by atoms with Crippen LogP contribution in [0.1, 0.15) is 55.0 Å². The lowest BCUT2D eigenvalue weighted by molar-refractivity contribution is -0.148. The van der Waals surface area contributed by atoms with Crippen molar-refractivity contribution in [3.8, 4) is 0 Å². The maximum atomic E-state index is 13.4. The zero-order valence-corrected chi connectivity index (χ0v) is 17.5. The third-order valence-electron chi connectivity index (χ3n) is 7.16. The van der Waals surface area contributed by atoms with Gasteiger partial charge in [-0.3, -0.25) is 4.79 Å². The van der Waals surface area contributed by atoms with Gasteiger partial charge < -0.3 is 15.1 Å². The Balaban J connectivity index is 1.38. The second-order valence-electron chi connectivity index (χ2n) is 8.82. The average Bonchev–Trinajstić information content (AvgIpc) is 2.79. The highest BCUT2D eigenvalue weighted by Gasteiger charge is 2.48. The van der Waals surface area contributed by atoms with Gasteiger partial charge in [-0.1, -0.05) is 54.6 Å². The van der Waals surface area contributed by atoms with E-state index in [1.807, 2.05) is 42.2 Å². The number of amides is 3. The molecule has 0 unspecified atom stereocenters. The molecule has 5 rings (SSSR count). The number of hydrogen-bond donors (Lipinski definition) is 1. The first kappa shape index (κ1) is 19.2. The Bertz CT molecular complexity index is 944. The van der Waals surface area contributed by atoms with E-state index >= 15 is 0 Å². The lowest BCUT2D eigenvalue weighted by Gasteiger charge is -2.51. The summed E-state index contributed by atoms with van der Waals surface area (Å²) in [6.45, 7) is 3.52. The molecule has 30 heavy (non-hydrogen) atoms. The van der Waals surface area contributed by atoms with Gasteiger partial charge in [0, 0.05) is 19.1 Å². The lowest BCUT2D eigenvalue weighted by Crippen LogP contribution is -2.61. The van der Waals surface area contributed by atoms with Crippen LogP contribution in [0.5, 0.6) is 0 Å². The van der Waals surface area contributed by atoms with E-state index in [1.54, 1.807) is 0 Å². The Kier molecular flexibility index (Phi) is 4.97. The monoisotopic (exact) mass is 403 g/mol. The number of urea groups is 1. The molecule has 0 saturated carbocycles. The summed E-state index contributed by atoms with van der Waals surface area (Å²) in [5.74, 6) is 0.164. The van der Waals surface area contributed by atoms with Crippen LogP contribution in [0.25, 0.3) is 0 Å². The largest absolute Gasteiger partial charge is 0.335 e. The molecule has 2 aromatic carbocycles. The van der Waals surface area contributed by atoms with E-state index in [4.69, 9.17) is 0 Å². The number of nitrogens with one attached hydrogen (secondary N) is 1. The van der Waals surface area contributed by atoms with Crippen LogP contribution in [0, 0.1) is 5.92 Å². The number of fused-ring (bicyclic) bond motifs is 4. The van der Waals surface area contributed by atoms with Gasteiger partial charge in [0.15, 0.2) is 0 Å². The lowest BCUT2D eigenvalue weighted by atomic mass is 9.76. The molecule has 3 heterocycles. The number of nitrogens with zero attached hydrogens (tertiary/aromatic N) is 2. The van der Waals surface area contributed by atoms with E-state index in [1.165, 1.54) is 11.1 Å². The maximum Gasteiger partial charge on any atom is 0.318 e. The van der Waals surface area contributed by atoms with Gasteiger partial charge in [0.2, 0.25) is 5.91 Å². The minimum Gasteiger partial charge on any atom is -0.335 e. The molecule has 3 amide bonds. The Morgan fingerprint density at radius 2 is 1.83 bits per heavy atom. The predicted molar refractivity (Wildman–Crippen MR) is 116 cm³/mol. The molecular formula is C25H29N3O2. The summed E-state index contributed by atoms with van der Waals surface area (Å²) in [4.78, 5) is 30.6. The van der Waals surface area contributed by atoms with Crippen LogP contribution in [0.3, 0.4) is 0 Å². The molecule has 2 aromatic rings. The van der Waals surface area contributed by atoms with Gasteiger partial charge in [-0.15, -0.1) is 0 Å². The number of carbonyl (C=O) groups excluding carboxylic acids is 2. The van der Waals surface area contributed by atoms with Crippen LogP contribution in [0.4, 0.5) is 4.79 Å². The maximum absolute atomic E-state index is 13.4. The van der Waals surface area contributed by atoms with Crippen LogP contribution in [0.15, 0.2) is 54.6 Å². The molecule has 1 N–H and O–H groups in total. The molecule has 0 aliphatic carbocycles. The van der Waals surface area contributed by atoms with Gasteiger partial charge in [-0.25, -0.2) is 4.79 Å². The molecule has 5 heteroatoms. The van der Waals surface area contributed by atoms with Gasteiger partial charge in [-0.2, -0.15) is 0 Å². The van der Waals surface area contributed by atoms with Crippen LogP contribution in [-0.4, -0.2) is 40.9 Å². The van der Waals surface area contributed by atoms with Crippen molar-refractivity contribution in [1.82, 2.24) is 15.1 Å². The van der Waals surface area contributed by atoms with E-state index in [9.17, 15) is 9.59 Å². The van der Waals surface area contributed by atoms with Crippen molar-refractivity contribution < 1.29 is 9.59 Å². The topological polar surface area (TPSA) is 52.7 Å². The van der Waals surface area contributed by atoms with Crippen LogP contribution >= 0.6 is 0 Å². The summed E-state index contributed by atoms with van der Waals surface area (Å²) in [6.07, 6.45) is 3.52. The van der Waals surface area contributed by atoms with Gasteiger partial charge >= 0.3 is 6.03 Å². The van der Waals surface area contributed by atoms with E-state index in [0.717, 1.165) is 44.3 Å². The van der Waals surface area contributed by atoms with Gasteiger partial charge in [-0.05, 0) is 49.3 Å². The second kappa shape index (κ2) is 7.78. The number of benzene rings is 2. The minimum atomic E-state index is -0.0713. The quantitative estimate of drug-likeness (QED) is 0.822. The van der Waals surface area contributed by atoms with Crippen molar-refractivity contribution in [3.05, 3.63) is 71.3 Å². The highest BCUT2D eigenvalue weighted by Crippen LogP contribution is 2.43. The number of piperidine rings is 2. The fourth-order valence-corrected chi connectivity index (χ4v) is 5.59. The molecule has 0 bridgehead atoms. The van der Waals surface area contributed by atoms with E-state index in [0.29, 0.717) is 0 Å². The van der Waals surface area contributed by atoms with E-state index in [-0.39, 0.29) is 36.0 Å². The summed E-state index contributed by atoms with van der Waals surface area (Å²) in [7, 11) is 0. The zero-order chi connectivity index (χ0) is 20.7. The Morgan fingerprint density at radius 3 is 2.67 bits per heavy atom. The smallest absolute Gasteiger partial charge is 0.318 e. The molecular weight excluding hydrogens is 374 g/mol. The molecule has 2 fully saturated rings. The first-order chi connectivity index (χ1) is 14.6. The van der Waals surface area contributed by atoms with Gasteiger partial charge in [0.05, 0.1) is 18.0 Å². The zero-order valence-electron chi connectivity index (χ0n) is 17.5. The van der Waals surface area contributed by atoms with Crippen molar-refractivity contribution >= 4 is 11.9 Å². The molecule has 0 aromatic heterocycles. The summed E-state index contributed by atoms with van der Waals surface area (Å²) < 4.78 is 0. The summed E-state index contributed by atoms with van der Waals surface area (Å²) in [6, 6.07) is 18.4. The Hall–Kier alpha value is -2.82. The molecule has 2 saturated heterocycles. The van der Waals surface area contributed by atoms with Crippen molar-refractivity contribution in [1.29, 1.82) is 0 Å². The standard InChI is InChI=1S/C25H29N3O2/c1-17(18-8-3-2-4-9-18)26-25(30)28-14-7-12-21-23(28)16-22-20-11-6-5-10-19(20)13-15-27(22)24(21)29/h2-6,8-11,17,21-23H,7,12-16H2,1H3,(H,26,30)/t17-,21-,22-,23-/m1/s1. The third-order valence-corrected chi connectivity index (χ3v) is 7.16. The van der Waals surface area contributed by atoms with Gasteiger partial charge in [0.25, 0.3) is 0 Å².